The van der Waals surface area contributed by atoms with Crippen molar-refractivity contribution in [2.24, 2.45) is 0 Å². The second kappa shape index (κ2) is 7.38. The number of ether oxygens (including phenoxy) is 2. The molecular formula is C19H23N3O2. The molecule has 2 aliphatic rings. The van der Waals surface area contributed by atoms with Crippen LogP contribution in [-0.4, -0.2) is 40.7 Å². The maximum Gasteiger partial charge on any atom is 0.0739 e. The molecule has 1 saturated heterocycles. The molecule has 2 aliphatic heterocycles. The number of pyridine rings is 2. The monoisotopic (exact) mass is 325 g/mol. The molecule has 0 spiro atoms. The molecule has 0 bridgehead atoms. The first kappa shape index (κ1) is 15.7. The van der Waals surface area contributed by atoms with Crippen LogP contribution in [0, 0.1) is 0 Å². The summed E-state index contributed by atoms with van der Waals surface area (Å²) in [5, 5.41) is 0. The SMILES string of the molecule is c1cncc(COCc2cncc3c2CCN([C@@H]2CCOC2)C3)c1. The van der Waals surface area contributed by atoms with Crippen LogP contribution < -0.4 is 0 Å². The maximum atomic E-state index is 5.88. The molecule has 126 valence electrons. The summed E-state index contributed by atoms with van der Waals surface area (Å²) in [4.78, 5) is 11.1. The van der Waals surface area contributed by atoms with Crippen LogP contribution in [-0.2, 0) is 35.7 Å². The lowest BCUT2D eigenvalue weighted by Crippen LogP contribution is -2.40. The average Bonchev–Trinajstić information content (AvgIpc) is 3.17. The predicted molar refractivity (Wildman–Crippen MR) is 90.3 cm³/mol. The highest BCUT2D eigenvalue weighted by Gasteiger charge is 2.27. The molecule has 0 aromatic carbocycles. The molecule has 2 aromatic heterocycles. The summed E-state index contributed by atoms with van der Waals surface area (Å²) in [5.41, 5.74) is 5.09. The van der Waals surface area contributed by atoms with E-state index in [0.717, 1.165) is 44.7 Å². The van der Waals surface area contributed by atoms with Gasteiger partial charge in [-0.1, -0.05) is 6.07 Å². The van der Waals surface area contributed by atoms with Crippen molar-refractivity contribution in [2.75, 3.05) is 19.8 Å². The van der Waals surface area contributed by atoms with Crippen molar-refractivity contribution in [1.29, 1.82) is 0 Å². The van der Waals surface area contributed by atoms with E-state index in [1.165, 1.54) is 16.7 Å². The van der Waals surface area contributed by atoms with E-state index in [0.29, 0.717) is 19.3 Å². The summed E-state index contributed by atoms with van der Waals surface area (Å²) >= 11 is 0. The standard InChI is InChI=1S/C19H23N3O2/c1-2-15(8-20-5-1)12-24-13-17-10-21-9-16-11-22(6-3-19(16)17)18-4-7-23-14-18/h1-2,5,8-10,18H,3-4,6-7,11-14H2/t18-/m1/s1. The molecule has 5 nitrogen and oxygen atoms in total. The van der Waals surface area contributed by atoms with E-state index in [2.05, 4.69) is 14.9 Å². The minimum absolute atomic E-state index is 0.573. The molecule has 0 unspecified atom stereocenters. The van der Waals surface area contributed by atoms with Gasteiger partial charge in [-0.2, -0.15) is 0 Å². The topological polar surface area (TPSA) is 47.5 Å². The maximum absolute atomic E-state index is 5.88. The van der Waals surface area contributed by atoms with E-state index in [1.807, 2.05) is 30.7 Å². The van der Waals surface area contributed by atoms with Crippen molar-refractivity contribution in [2.45, 2.75) is 38.6 Å². The zero-order valence-corrected chi connectivity index (χ0v) is 13.9. The van der Waals surface area contributed by atoms with Crippen LogP contribution in [0.5, 0.6) is 0 Å². The van der Waals surface area contributed by atoms with Gasteiger partial charge in [0.25, 0.3) is 0 Å². The van der Waals surface area contributed by atoms with Crippen LogP contribution in [0.25, 0.3) is 0 Å². The van der Waals surface area contributed by atoms with Gasteiger partial charge in [0.05, 0.1) is 19.8 Å². The van der Waals surface area contributed by atoms with Gasteiger partial charge >= 0.3 is 0 Å². The van der Waals surface area contributed by atoms with Crippen molar-refractivity contribution in [3.8, 4) is 0 Å². The molecule has 0 amide bonds. The third-order valence-corrected chi connectivity index (χ3v) is 4.93. The summed E-state index contributed by atoms with van der Waals surface area (Å²) in [6.07, 6.45) is 9.82. The summed E-state index contributed by atoms with van der Waals surface area (Å²) in [6.45, 7) is 5.04. The summed E-state index contributed by atoms with van der Waals surface area (Å²) in [6, 6.07) is 4.54. The van der Waals surface area contributed by atoms with Crippen molar-refractivity contribution in [1.82, 2.24) is 14.9 Å². The summed E-state index contributed by atoms with van der Waals surface area (Å²) in [5.74, 6) is 0. The number of nitrogens with zero attached hydrogens (tertiary/aromatic N) is 3. The highest BCUT2D eigenvalue weighted by Crippen LogP contribution is 2.25. The number of fused-ring (bicyclic) bond motifs is 1. The van der Waals surface area contributed by atoms with Crippen molar-refractivity contribution in [3.63, 3.8) is 0 Å². The third kappa shape index (κ3) is 3.48. The lowest BCUT2D eigenvalue weighted by molar-refractivity contribution is 0.104. The van der Waals surface area contributed by atoms with E-state index in [9.17, 15) is 0 Å². The Balaban J connectivity index is 1.40. The Morgan fingerprint density at radius 3 is 3.04 bits per heavy atom. The van der Waals surface area contributed by atoms with Gasteiger partial charge in [0.1, 0.15) is 0 Å². The Bertz CT molecular complexity index is 672. The van der Waals surface area contributed by atoms with Crippen LogP contribution in [0.3, 0.4) is 0 Å². The fraction of sp³-hybridized carbons (Fsp3) is 0.474. The molecule has 0 aliphatic carbocycles. The lowest BCUT2D eigenvalue weighted by atomic mass is 9.96. The Morgan fingerprint density at radius 2 is 2.21 bits per heavy atom. The van der Waals surface area contributed by atoms with Gasteiger partial charge in [-0.25, -0.2) is 0 Å². The van der Waals surface area contributed by atoms with E-state index in [-0.39, 0.29) is 0 Å². The van der Waals surface area contributed by atoms with Crippen molar-refractivity contribution < 1.29 is 9.47 Å². The van der Waals surface area contributed by atoms with Gasteiger partial charge in [-0.05, 0) is 41.2 Å². The minimum Gasteiger partial charge on any atom is -0.380 e. The Hall–Kier alpha value is -1.82. The van der Waals surface area contributed by atoms with Crippen LogP contribution >= 0.6 is 0 Å². The molecule has 0 saturated carbocycles. The van der Waals surface area contributed by atoms with Gasteiger partial charge in [-0.15, -0.1) is 0 Å². The lowest BCUT2D eigenvalue weighted by Gasteiger charge is -2.33. The highest BCUT2D eigenvalue weighted by atomic mass is 16.5. The zero-order chi connectivity index (χ0) is 16.2. The fourth-order valence-electron chi connectivity index (χ4n) is 3.60. The number of aromatic nitrogens is 2. The molecule has 4 heterocycles. The summed E-state index contributed by atoms with van der Waals surface area (Å²) in [7, 11) is 0. The molecule has 24 heavy (non-hydrogen) atoms. The zero-order valence-electron chi connectivity index (χ0n) is 13.9. The first-order chi connectivity index (χ1) is 11.9. The molecule has 1 atom stereocenters. The van der Waals surface area contributed by atoms with Crippen molar-refractivity contribution in [3.05, 3.63) is 59.2 Å². The van der Waals surface area contributed by atoms with Gasteiger partial charge in [-0.3, -0.25) is 14.9 Å². The minimum atomic E-state index is 0.573. The number of rotatable bonds is 5. The normalized spacial score (nSPS) is 20.9. The summed E-state index contributed by atoms with van der Waals surface area (Å²) < 4.78 is 11.4. The van der Waals surface area contributed by atoms with Crippen LogP contribution in [0.1, 0.15) is 28.7 Å². The van der Waals surface area contributed by atoms with E-state index in [4.69, 9.17) is 9.47 Å². The molecule has 4 rings (SSSR count). The predicted octanol–water partition coefficient (Wildman–Crippen LogP) is 2.34. The third-order valence-electron chi connectivity index (χ3n) is 4.93. The van der Waals surface area contributed by atoms with Gasteiger partial charge in [0, 0.05) is 50.5 Å². The molecular weight excluding hydrogens is 302 g/mol. The van der Waals surface area contributed by atoms with Gasteiger partial charge < -0.3 is 9.47 Å². The first-order valence-electron chi connectivity index (χ1n) is 8.63. The van der Waals surface area contributed by atoms with Crippen LogP contribution in [0.4, 0.5) is 0 Å². The molecule has 0 N–H and O–H groups in total. The fourth-order valence-corrected chi connectivity index (χ4v) is 3.60. The van der Waals surface area contributed by atoms with Gasteiger partial charge in [0.2, 0.25) is 0 Å². The molecule has 1 fully saturated rings. The number of hydrogen-bond acceptors (Lipinski definition) is 5. The quantitative estimate of drug-likeness (QED) is 0.844. The van der Waals surface area contributed by atoms with E-state index in [1.54, 1.807) is 6.20 Å². The van der Waals surface area contributed by atoms with Crippen LogP contribution in [0.15, 0.2) is 36.9 Å². The smallest absolute Gasteiger partial charge is 0.0739 e. The Morgan fingerprint density at radius 1 is 1.21 bits per heavy atom. The molecule has 0 radical (unpaired) electrons. The molecule has 5 heteroatoms. The van der Waals surface area contributed by atoms with Crippen LogP contribution in [0.2, 0.25) is 0 Å². The molecule has 2 aromatic rings. The van der Waals surface area contributed by atoms with Crippen molar-refractivity contribution >= 4 is 0 Å². The van der Waals surface area contributed by atoms with E-state index < -0.39 is 0 Å². The number of hydrogen-bond donors (Lipinski definition) is 0. The largest absolute Gasteiger partial charge is 0.380 e. The Labute approximate surface area is 142 Å². The second-order valence-corrected chi connectivity index (χ2v) is 6.53. The Kier molecular flexibility index (Phi) is 4.83. The highest BCUT2D eigenvalue weighted by molar-refractivity contribution is 5.33. The average molecular weight is 325 g/mol. The van der Waals surface area contributed by atoms with Gasteiger partial charge in [0.15, 0.2) is 0 Å². The first-order valence-corrected chi connectivity index (χ1v) is 8.63. The van der Waals surface area contributed by atoms with E-state index >= 15 is 0 Å². The second-order valence-electron chi connectivity index (χ2n) is 6.53.